The van der Waals surface area contributed by atoms with Crippen molar-refractivity contribution in [1.29, 1.82) is 0 Å². The Kier molecular flexibility index (Phi) is 6.90. The van der Waals surface area contributed by atoms with Crippen molar-refractivity contribution in [2.24, 2.45) is 11.5 Å². The van der Waals surface area contributed by atoms with Crippen molar-refractivity contribution >= 4 is 6.03 Å². The summed E-state index contributed by atoms with van der Waals surface area (Å²) >= 11 is 0. The quantitative estimate of drug-likeness (QED) is 0.440. The van der Waals surface area contributed by atoms with Crippen LogP contribution in [-0.4, -0.2) is 6.03 Å². The molecule has 0 aliphatic carbocycles. The minimum atomic E-state index is -0.833. The number of carbonyl (C=O) groups excluding carboxylic acids is 1. The van der Waals surface area contributed by atoms with Crippen LogP contribution in [-0.2, 0) is 19.5 Å². The van der Waals surface area contributed by atoms with Crippen molar-refractivity contribution in [3.63, 3.8) is 0 Å². The monoisotopic (exact) mass is 162 g/mol. The third-order valence-corrected chi connectivity index (χ3v) is 0. The molecule has 0 aliphatic heterocycles. The third-order valence-electron chi connectivity index (χ3n) is 0. The van der Waals surface area contributed by atoms with Gasteiger partial charge in [0.25, 0.3) is 0 Å². The fourth-order valence-corrected chi connectivity index (χ4v) is 0. The number of rotatable bonds is 0. The van der Waals surface area contributed by atoms with Gasteiger partial charge in [-0.15, -0.1) is 0 Å². The topological polar surface area (TPSA) is 69.1 Å². The van der Waals surface area contributed by atoms with Crippen molar-refractivity contribution in [3.8, 4) is 0 Å². The van der Waals surface area contributed by atoms with Gasteiger partial charge in [0.2, 0.25) is 0 Å². The molecule has 0 saturated carbocycles. The zero-order valence-corrected chi connectivity index (χ0v) is 4.15. The van der Waals surface area contributed by atoms with Gasteiger partial charge < -0.3 is 11.5 Å². The maximum atomic E-state index is 9.00. The van der Waals surface area contributed by atoms with E-state index in [1.165, 1.54) is 0 Å². The summed E-state index contributed by atoms with van der Waals surface area (Å²) in [7, 11) is 0. The number of urea groups is 1. The van der Waals surface area contributed by atoms with E-state index >= 15 is 0 Å². The van der Waals surface area contributed by atoms with E-state index in [1.807, 2.05) is 0 Å². The Labute approximate surface area is 42.5 Å². The van der Waals surface area contributed by atoms with Gasteiger partial charge in [-0.05, 0) is 0 Å². The average molecular weight is 161 g/mol. The van der Waals surface area contributed by atoms with Gasteiger partial charge in [0.05, 0.1) is 0 Å². The van der Waals surface area contributed by atoms with Gasteiger partial charge in [-0.25, -0.2) is 4.79 Å². The summed E-state index contributed by atoms with van der Waals surface area (Å²) in [5.41, 5.74) is 8.50. The molecular formula is CH4N2ORu. The van der Waals surface area contributed by atoms with Crippen LogP contribution < -0.4 is 11.5 Å². The molecule has 0 rings (SSSR count). The maximum absolute atomic E-state index is 9.00. The van der Waals surface area contributed by atoms with Gasteiger partial charge in [-0.1, -0.05) is 0 Å². The van der Waals surface area contributed by atoms with Crippen molar-refractivity contribution in [2.45, 2.75) is 0 Å². The van der Waals surface area contributed by atoms with Crippen LogP contribution in [0.5, 0.6) is 0 Å². The standard InChI is InChI=1S/CH4N2O.Ru/c2-1(3)4;/h(H4,2,3,4);. The summed E-state index contributed by atoms with van der Waals surface area (Å²) in [5, 5.41) is 0. The number of carbonyl (C=O) groups is 1. The largest absolute Gasteiger partial charge is 0.352 e. The minimum absolute atomic E-state index is 0. The van der Waals surface area contributed by atoms with Crippen molar-refractivity contribution < 1.29 is 24.3 Å². The summed E-state index contributed by atoms with van der Waals surface area (Å²) in [6.45, 7) is 0. The Morgan fingerprint density at radius 2 is 1.40 bits per heavy atom. The van der Waals surface area contributed by atoms with Gasteiger partial charge >= 0.3 is 6.03 Å². The molecule has 0 unspecified atom stereocenters. The first kappa shape index (κ1) is 8.86. The summed E-state index contributed by atoms with van der Waals surface area (Å²) in [6.07, 6.45) is 0. The Morgan fingerprint density at radius 3 is 1.40 bits per heavy atom. The van der Waals surface area contributed by atoms with Crippen LogP contribution in [0.2, 0.25) is 0 Å². The van der Waals surface area contributed by atoms with Crippen LogP contribution in [0.1, 0.15) is 0 Å². The van der Waals surface area contributed by atoms with Gasteiger partial charge in [0, 0.05) is 19.5 Å². The molecule has 2 amide bonds. The van der Waals surface area contributed by atoms with Crippen LogP contribution in [0, 0.1) is 0 Å². The molecule has 0 aliphatic rings. The number of nitrogens with two attached hydrogens (primary N) is 2. The zero-order chi connectivity index (χ0) is 3.58. The summed E-state index contributed by atoms with van der Waals surface area (Å²) in [6, 6.07) is -0.833. The van der Waals surface area contributed by atoms with Gasteiger partial charge in [-0.3, -0.25) is 0 Å². The number of hydrogen-bond acceptors (Lipinski definition) is 1. The average Bonchev–Trinajstić information content (AvgIpc) is 0.811. The molecule has 3 nitrogen and oxygen atoms in total. The first-order valence-corrected chi connectivity index (χ1v) is 0.781. The van der Waals surface area contributed by atoms with Crippen LogP contribution in [0.15, 0.2) is 0 Å². The fourth-order valence-electron chi connectivity index (χ4n) is 0. The molecule has 0 radical (unpaired) electrons. The maximum Gasteiger partial charge on any atom is 0.309 e. The fraction of sp³-hybridized carbons (Fsp3) is 0. The van der Waals surface area contributed by atoms with Crippen LogP contribution in [0.3, 0.4) is 0 Å². The normalized spacial score (nSPS) is 4.80. The molecule has 4 N–H and O–H groups in total. The first-order chi connectivity index (χ1) is 1.73. The molecule has 4 heteroatoms. The molecule has 0 heterocycles. The smallest absolute Gasteiger partial charge is 0.309 e. The summed E-state index contributed by atoms with van der Waals surface area (Å²) < 4.78 is 0. The van der Waals surface area contributed by atoms with Crippen molar-refractivity contribution in [2.75, 3.05) is 0 Å². The predicted octanol–water partition coefficient (Wildman–Crippen LogP) is -0.979. The van der Waals surface area contributed by atoms with E-state index in [9.17, 15) is 0 Å². The molecular weight excluding hydrogens is 157 g/mol. The Morgan fingerprint density at radius 1 is 1.40 bits per heavy atom. The van der Waals surface area contributed by atoms with Crippen LogP contribution >= 0.6 is 0 Å². The van der Waals surface area contributed by atoms with E-state index in [1.54, 1.807) is 0 Å². The second kappa shape index (κ2) is 3.89. The molecule has 0 bridgehead atoms. The third kappa shape index (κ3) is 1230. The zero-order valence-electron chi connectivity index (χ0n) is 2.42. The first-order valence-electron chi connectivity index (χ1n) is 0.781. The Hall–Kier alpha value is -0.107. The van der Waals surface area contributed by atoms with Crippen LogP contribution in [0.4, 0.5) is 4.79 Å². The van der Waals surface area contributed by atoms with Gasteiger partial charge in [0.1, 0.15) is 0 Å². The second-order valence-electron chi connectivity index (χ2n) is 0.402. The molecule has 32 valence electrons. The second-order valence-corrected chi connectivity index (χ2v) is 0.402. The van der Waals surface area contributed by atoms with E-state index < -0.39 is 6.03 Å². The molecule has 0 aromatic carbocycles. The SMILES string of the molecule is NC(N)=O.[Ru]. The van der Waals surface area contributed by atoms with Crippen molar-refractivity contribution in [3.05, 3.63) is 0 Å². The number of hydrogen-bond donors (Lipinski definition) is 2. The van der Waals surface area contributed by atoms with E-state index in [-0.39, 0.29) is 19.5 Å². The number of amides is 2. The van der Waals surface area contributed by atoms with Gasteiger partial charge in [-0.2, -0.15) is 0 Å². The molecule has 0 spiro atoms. The molecule has 0 aromatic heterocycles. The predicted molar refractivity (Wildman–Crippen MR) is 13.8 cm³/mol. The van der Waals surface area contributed by atoms with Crippen LogP contribution in [0.25, 0.3) is 0 Å². The summed E-state index contributed by atoms with van der Waals surface area (Å²) in [4.78, 5) is 9.00. The van der Waals surface area contributed by atoms with E-state index in [2.05, 4.69) is 11.5 Å². The molecule has 0 fully saturated rings. The summed E-state index contributed by atoms with van der Waals surface area (Å²) in [5.74, 6) is 0. The van der Waals surface area contributed by atoms with E-state index in [4.69, 9.17) is 4.79 Å². The molecule has 5 heavy (non-hydrogen) atoms. The minimum Gasteiger partial charge on any atom is -0.352 e. The Bertz CT molecular complexity index is 32.6. The van der Waals surface area contributed by atoms with E-state index in [0.717, 1.165) is 0 Å². The molecule has 0 aromatic rings. The molecule has 0 atom stereocenters. The number of primary amides is 2. The van der Waals surface area contributed by atoms with E-state index in [0.29, 0.717) is 0 Å². The molecule has 0 saturated heterocycles. The van der Waals surface area contributed by atoms with Crippen molar-refractivity contribution in [1.82, 2.24) is 0 Å². The van der Waals surface area contributed by atoms with Gasteiger partial charge in [0.15, 0.2) is 0 Å². The Balaban J connectivity index is 0.